The Kier molecular flexibility index (Phi) is 3.38. The summed E-state index contributed by atoms with van der Waals surface area (Å²) in [5.74, 6) is 0.870. The topological polar surface area (TPSA) is 96.2 Å². The van der Waals surface area contributed by atoms with E-state index < -0.39 is 6.09 Å². The van der Waals surface area contributed by atoms with Crippen LogP contribution in [-0.2, 0) is 0 Å². The van der Waals surface area contributed by atoms with Gasteiger partial charge in [-0.3, -0.25) is 0 Å². The molecule has 0 spiro atoms. The van der Waals surface area contributed by atoms with E-state index in [2.05, 4.69) is 10.3 Å². The van der Waals surface area contributed by atoms with Gasteiger partial charge in [-0.25, -0.2) is 4.79 Å². The Labute approximate surface area is 126 Å². The lowest BCUT2D eigenvalue weighted by Gasteiger charge is -2.05. The first-order valence-corrected chi connectivity index (χ1v) is 6.62. The second-order valence-corrected chi connectivity index (χ2v) is 4.74. The summed E-state index contributed by atoms with van der Waals surface area (Å²) in [6.45, 7) is 3.62. The van der Waals surface area contributed by atoms with Crippen molar-refractivity contribution in [1.29, 1.82) is 0 Å². The number of para-hydroxylation sites is 1. The number of amides is 1. The van der Waals surface area contributed by atoms with E-state index in [0.29, 0.717) is 17.1 Å². The highest BCUT2D eigenvalue weighted by Gasteiger charge is 2.19. The molecule has 112 valence electrons. The number of aromatic nitrogens is 3. The largest absolute Gasteiger partial charge is 0.411 e. The Morgan fingerprint density at radius 2 is 2.00 bits per heavy atom. The lowest BCUT2D eigenvalue weighted by Crippen LogP contribution is -2.18. The van der Waals surface area contributed by atoms with E-state index in [4.69, 9.17) is 15.0 Å². The third-order valence-corrected chi connectivity index (χ3v) is 3.17. The average molecular weight is 298 g/mol. The minimum Gasteiger partial charge on any atom is -0.391 e. The van der Waals surface area contributed by atoms with Crippen LogP contribution in [0.2, 0.25) is 0 Å². The van der Waals surface area contributed by atoms with Gasteiger partial charge >= 0.3 is 6.09 Å². The first-order valence-electron chi connectivity index (χ1n) is 6.62. The highest BCUT2D eigenvalue weighted by molar-refractivity contribution is 5.70. The van der Waals surface area contributed by atoms with Crippen LogP contribution in [0.4, 0.5) is 4.79 Å². The number of rotatable bonds is 3. The first-order chi connectivity index (χ1) is 10.6. The van der Waals surface area contributed by atoms with E-state index in [0.717, 1.165) is 11.3 Å². The highest BCUT2D eigenvalue weighted by Crippen LogP contribution is 2.30. The number of carbonyl (C=O) groups is 1. The molecule has 1 amide bonds. The van der Waals surface area contributed by atoms with Gasteiger partial charge in [0.25, 0.3) is 0 Å². The van der Waals surface area contributed by atoms with Crippen molar-refractivity contribution in [1.82, 2.24) is 14.9 Å². The molecule has 2 heterocycles. The molecule has 22 heavy (non-hydrogen) atoms. The van der Waals surface area contributed by atoms with Crippen LogP contribution in [0.15, 0.2) is 40.9 Å². The van der Waals surface area contributed by atoms with Crippen LogP contribution in [-0.4, -0.2) is 21.0 Å². The van der Waals surface area contributed by atoms with E-state index >= 15 is 0 Å². The van der Waals surface area contributed by atoms with Crippen molar-refractivity contribution < 1.29 is 14.1 Å². The molecule has 2 N–H and O–H groups in total. The highest BCUT2D eigenvalue weighted by atomic mass is 16.6. The van der Waals surface area contributed by atoms with E-state index in [1.54, 1.807) is 13.0 Å². The number of nitrogens with two attached hydrogens (primary N) is 1. The molecule has 2 aromatic heterocycles. The molecule has 1 aromatic carbocycles. The van der Waals surface area contributed by atoms with Crippen LogP contribution >= 0.6 is 0 Å². The molecule has 0 atom stereocenters. The predicted molar refractivity (Wildman–Crippen MR) is 78.7 cm³/mol. The predicted octanol–water partition coefficient (Wildman–Crippen LogP) is 2.60. The number of hydrogen-bond donors (Lipinski definition) is 1. The first kappa shape index (κ1) is 13.9. The van der Waals surface area contributed by atoms with E-state index in [-0.39, 0.29) is 5.88 Å². The van der Waals surface area contributed by atoms with Gasteiger partial charge < -0.3 is 15.0 Å². The quantitative estimate of drug-likeness (QED) is 0.801. The third kappa shape index (κ3) is 2.44. The maximum atomic E-state index is 11.1. The molecule has 0 aliphatic heterocycles. The molecule has 0 saturated heterocycles. The van der Waals surface area contributed by atoms with Crippen molar-refractivity contribution >= 4 is 6.09 Å². The molecule has 3 rings (SSSR count). The van der Waals surface area contributed by atoms with Crippen LogP contribution in [0.25, 0.3) is 16.9 Å². The Morgan fingerprint density at radius 3 is 2.59 bits per heavy atom. The smallest absolute Gasteiger partial charge is 0.391 e. The number of hydrogen-bond acceptors (Lipinski definition) is 5. The van der Waals surface area contributed by atoms with Crippen molar-refractivity contribution in [2.75, 3.05) is 0 Å². The molecule has 3 aromatic rings. The summed E-state index contributed by atoms with van der Waals surface area (Å²) in [6, 6.07) is 10.9. The number of ether oxygens (including phenoxy) is 1. The Bertz CT molecular complexity index is 801. The lowest BCUT2D eigenvalue weighted by molar-refractivity contribution is 0.207. The van der Waals surface area contributed by atoms with Gasteiger partial charge in [0, 0.05) is 6.07 Å². The van der Waals surface area contributed by atoms with E-state index in [1.807, 2.05) is 37.3 Å². The standard InChI is InChI=1S/C15H14N4O3/c1-9-14(10(2)22-18-9)12-8-13(21-15(16)20)19(17-12)11-6-4-3-5-7-11/h3-8H,1-2H3,(H2,16,20). The molecule has 0 bridgehead atoms. The zero-order valence-corrected chi connectivity index (χ0v) is 12.1. The molecular weight excluding hydrogens is 284 g/mol. The Hall–Kier alpha value is -3.09. The molecule has 0 aliphatic rings. The normalized spacial score (nSPS) is 10.6. The Balaban J connectivity index is 2.15. The van der Waals surface area contributed by atoms with Crippen molar-refractivity contribution in [2.45, 2.75) is 13.8 Å². The Morgan fingerprint density at radius 1 is 1.27 bits per heavy atom. The summed E-state index contributed by atoms with van der Waals surface area (Å²) in [7, 11) is 0. The van der Waals surface area contributed by atoms with Crippen molar-refractivity contribution in [3.05, 3.63) is 47.9 Å². The van der Waals surface area contributed by atoms with Gasteiger partial charge in [0.15, 0.2) is 0 Å². The maximum absolute atomic E-state index is 11.1. The SMILES string of the molecule is Cc1noc(C)c1-c1cc(OC(N)=O)n(-c2ccccc2)n1. The summed E-state index contributed by atoms with van der Waals surface area (Å²) in [4.78, 5) is 11.1. The second kappa shape index (κ2) is 5.36. The summed E-state index contributed by atoms with van der Waals surface area (Å²) in [5, 5.41) is 8.39. The minimum atomic E-state index is -0.901. The zero-order valence-electron chi connectivity index (χ0n) is 12.1. The number of primary amides is 1. The number of carbonyl (C=O) groups excluding carboxylic acids is 1. The monoisotopic (exact) mass is 298 g/mol. The molecule has 0 fully saturated rings. The van der Waals surface area contributed by atoms with Gasteiger partial charge in [0.05, 0.1) is 16.9 Å². The van der Waals surface area contributed by atoms with Crippen LogP contribution in [0.1, 0.15) is 11.5 Å². The molecular formula is C15H14N4O3. The minimum absolute atomic E-state index is 0.230. The van der Waals surface area contributed by atoms with Crippen molar-refractivity contribution in [3.63, 3.8) is 0 Å². The van der Waals surface area contributed by atoms with E-state index in [9.17, 15) is 4.79 Å². The molecule has 0 aliphatic carbocycles. The summed E-state index contributed by atoms with van der Waals surface area (Å²) in [5.41, 5.74) is 7.94. The number of aryl methyl sites for hydroxylation is 2. The zero-order chi connectivity index (χ0) is 15.7. The van der Waals surface area contributed by atoms with Gasteiger partial charge in [-0.1, -0.05) is 23.4 Å². The van der Waals surface area contributed by atoms with Gasteiger partial charge in [0.2, 0.25) is 5.88 Å². The van der Waals surface area contributed by atoms with Crippen LogP contribution in [0, 0.1) is 13.8 Å². The molecule has 0 radical (unpaired) electrons. The van der Waals surface area contributed by atoms with Gasteiger partial charge in [-0.2, -0.15) is 9.78 Å². The fourth-order valence-corrected chi connectivity index (χ4v) is 2.26. The lowest BCUT2D eigenvalue weighted by atomic mass is 10.1. The van der Waals surface area contributed by atoms with Crippen molar-refractivity contribution in [2.24, 2.45) is 5.73 Å². The summed E-state index contributed by atoms with van der Waals surface area (Å²) >= 11 is 0. The molecule has 7 heteroatoms. The second-order valence-electron chi connectivity index (χ2n) is 4.74. The fourth-order valence-electron chi connectivity index (χ4n) is 2.26. The van der Waals surface area contributed by atoms with E-state index in [1.165, 1.54) is 4.68 Å². The molecule has 0 saturated carbocycles. The number of benzene rings is 1. The summed E-state index contributed by atoms with van der Waals surface area (Å²) in [6.07, 6.45) is -0.901. The molecule has 0 unspecified atom stereocenters. The van der Waals surface area contributed by atoms with Gasteiger partial charge in [-0.15, -0.1) is 0 Å². The van der Waals surface area contributed by atoms with Crippen molar-refractivity contribution in [3.8, 4) is 22.8 Å². The number of nitrogens with zero attached hydrogens (tertiary/aromatic N) is 3. The van der Waals surface area contributed by atoms with Gasteiger partial charge in [0.1, 0.15) is 11.5 Å². The molecule has 7 nitrogen and oxygen atoms in total. The maximum Gasteiger partial charge on any atom is 0.411 e. The van der Waals surface area contributed by atoms with Crippen LogP contribution < -0.4 is 10.5 Å². The third-order valence-electron chi connectivity index (χ3n) is 3.17. The fraction of sp³-hybridized carbons (Fsp3) is 0.133. The van der Waals surface area contributed by atoms with Crippen LogP contribution in [0.3, 0.4) is 0 Å². The summed E-state index contributed by atoms with van der Waals surface area (Å²) < 4.78 is 11.7. The average Bonchev–Trinajstić information content (AvgIpc) is 3.03. The van der Waals surface area contributed by atoms with Crippen LogP contribution in [0.5, 0.6) is 5.88 Å². The van der Waals surface area contributed by atoms with Gasteiger partial charge in [-0.05, 0) is 26.0 Å².